The average molecular weight is 313 g/mol. The zero-order valence-corrected chi connectivity index (χ0v) is 11.7. The van der Waals surface area contributed by atoms with Gasteiger partial charge in [0, 0.05) is 18.0 Å². The molecule has 0 amide bonds. The van der Waals surface area contributed by atoms with Gasteiger partial charge in [0.1, 0.15) is 11.0 Å². The van der Waals surface area contributed by atoms with E-state index >= 15 is 0 Å². The maximum Gasteiger partial charge on any atom is 0.416 e. The fourth-order valence-electron chi connectivity index (χ4n) is 2.19. The second-order valence-corrected chi connectivity index (χ2v) is 5.57. The Balaban J connectivity index is 1.86. The molecule has 2 aromatic rings. The first-order valence-electron chi connectivity index (χ1n) is 6.61. The smallest absolute Gasteiger partial charge is 0.237 e. The first-order chi connectivity index (χ1) is 9.91. The standard InChI is InChI=1S/C15H12ClF3N2/c16-13-8-12(10-4-5-10)20-14(21-13)7-9-2-1-3-11(6-9)15(17,18)19/h1-3,6,8,10H,4-5,7H2. The number of hydrogen-bond acceptors (Lipinski definition) is 2. The van der Waals surface area contributed by atoms with Gasteiger partial charge in [0.2, 0.25) is 0 Å². The molecule has 21 heavy (non-hydrogen) atoms. The Morgan fingerprint density at radius 3 is 2.57 bits per heavy atom. The Kier molecular flexibility index (Phi) is 3.61. The largest absolute Gasteiger partial charge is 0.416 e. The Morgan fingerprint density at radius 1 is 1.14 bits per heavy atom. The molecule has 1 aromatic carbocycles. The molecule has 0 bridgehead atoms. The lowest BCUT2D eigenvalue weighted by atomic mass is 10.1. The molecule has 1 saturated carbocycles. The van der Waals surface area contributed by atoms with Crippen molar-refractivity contribution in [1.82, 2.24) is 9.97 Å². The summed E-state index contributed by atoms with van der Waals surface area (Å²) in [4.78, 5) is 8.51. The molecule has 110 valence electrons. The van der Waals surface area contributed by atoms with E-state index in [-0.39, 0.29) is 6.42 Å². The normalized spacial score (nSPS) is 15.2. The lowest BCUT2D eigenvalue weighted by Gasteiger charge is -2.09. The van der Waals surface area contributed by atoms with Gasteiger partial charge in [-0.15, -0.1) is 0 Å². The summed E-state index contributed by atoms with van der Waals surface area (Å²) in [7, 11) is 0. The maximum absolute atomic E-state index is 12.7. The summed E-state index contributed by atoms with van der Waals surface area (Å²) >= 11 is 5.96. The molecule has 0 spiro atoms. The highest BCUT2D eigenvalue weighted by atomic mass is 35.5. The quantitative estimate of drug-likeness (QED) is 0.773. The van der Waals surface area contributed by atoms with Crippen LogP contribution in [-0.2, 0) is 12.6 Å². The summed E-state index contributed by atoms with van der Waals surface area (Å²) in [6.07, 6.45) is -1.94. The van der Waals surface area contributed by atoms with Crippen molar-refractivity contribution < 1.29 is 13.2 Å². The van der Waals surface area contributed by atoms with Gasteiger partial charge in [-0.3, -0.25) is 0 Å². The molecule has 0 unspecified atom stereocenters. The van der Waals surface area contributed by atoms with Gasteiger partial charge in [-0.25, -0.2) is 9.97 Å². The third kappa shape index (κ3) is 3.53. The number of nitrogens with zero attached hydrogens (tertiary/aromatic N) is 2. The lowest BCUT2D eigenvalue weighted by Crippen LogP contribution is -2.06. The highest BCUT2D eigenvalue weighted by Crippen LogP contribution is 2.39. The van der Waals surface area contributed by atoms with Crippen LogP contribution in [0.2, 0.25) is 5.15 Å². The molecule has 0 atom stereocenters. The number of halogens is 4. The molecule has 1 fully saturated rings. The van der Waals surface area contributed by atoms with E-state index in [9.17, 15) is 13.2 Å². The Hall–Kier alpha value is -1.62. The van der Waals surface area contributed by atoms with Crippen LogP contribution in [0.3, 0.4) is 0 Å². The predicted octanol–water partition coefficient (Wildman–Crippen LogP) is 4.62. The van der Waals surface area contributed by atoms with Gasteiger partial charge in [0.25, 0.3) is 0 Å². The van der Waals surface area contributed by atoms with Crippen molar-refractivity contribution in [3.8, 4) is 0 Å². The summed E-state index contributed by atoms with van der Waals surface area (Å²) in [5.74, 6) is 0.884. The van der Waals surface area contributed by atoms with Crippen LogP contribution in [0.5, 0.6) is 0 Å². The minimum Gasteiger partial charge on any atom is -0.237 e. The summed E-state index contributed by atoms with van der Waals surface area (Å²) in [6, 6.07) is 6.94. The number of alkyl halides is 3. The molecule has 1 aliphatic carbocycles. The van der Waals surface area contributed by atoms with E-state index in [4.69, 9.17) is 11.6 Å². The molecule has 1 aliphatic rings. The average Bonchev–Trinajstić information content (AvgIpc) is 3.21. The van der Waals surface area contributed by atoms with Crippen molar-refractivity contribution in [2.24, 2.45) is 0 Å². The van der Waals surface area contributed by atoms with Crippen LogP contribution in [-0.4, -0.2) is 9.97 Å². The third-order valence-electron chi connectivity index (χ3n) is 3.37. The van der Waals surface area contributed by atoms with Crippen LogP contribution < -0.4 is 0 Å². The van der Waals surface area contributed by atoms with Gasteiger partial charge in [-0.05, 0) is 30.5 Å². The van der Waals surface area contributed by atoms with Gasteiger partial charge in [-0.2, -0.15) is 13.2 Å². The first kappa shape index (κ1) is 14.3. The molecule has 2 nitrogen and oxygen atoms in total. The zero-order valence-electron chi connectivity index (χ0n) is 11.0. The van der Waals surface area contributed by atoms with Crippen molar-refractivity contribution in [3.05, 3.63) is 58.1 Å². The van der Waals surface area contributed by atoms with E-state index in [0.29, 0.717) is 22.5 Å². The number of benzene rings is 1. The first-order valence-corrected chi connectivity index (χ1v) is 6.99. The van der Waals surface area contributed by atoms with Crippen molar-refractivity contribution in [2.45, 2.75) is 31.4 Å². The minimum absolute atomic E-state index is 0.240. The molecule has 0 aliphatic heterocycles. The second-order valence-electron chi connectivity index (χ2n) is 5.18. The monoisotopic (exact) mass is 312 g/mol. The maximum atomic E-state index is 12.7. The van der Waals surface area contributed by atoms with E-state index < -0.39 is 11.7 Å². The molecule has 1 aromatic heterocycles. The van der Waals surface area contributed by atoms with E-state index in [1.54, 1.807) is 12.1 Å². The van der Waals surface area contributed by atoms with Crippen LogP contribution in [0.1, 0.15) is 41.4 Å². The predicted molar refractivity (Wildman–Crippen MR) is 73.3 cm³/mol. The Bertz CT molecular complexity index is 666. The molecule has 6 heteroatoms. The van der Waals surface area contributed by atoms with Gasteiger partial charge >= 0.3 is 6.18 Å². The van der Waals surface area contributed by atoms with Crippen LogP contribution in [0.25, 0.3) is 0 Å². The third-order valence-corrected chi connectivity index (χ3v) is 3.57. The molecular formula is C15H12ClF3N2. The number of aromatic nitrogens is 2. The Labute approximate surface area is 125 Å². The van der Waals surface area contributed by atoms with E-state index in [1.807, 2.05) is 0 Å². The molecule has 0 saturated heterocycles. The minimum atomic E-state index is -4.34. The van der Waals surface area contributed by atoms with Gasteiger partial charge in [-0.1, -0.05) is 29.8 Å². The summed E-state index contributed by atoms with van der Waals surface area (Å²) in [5.41, 5.74) is 0.746. The zero-order chi connectivity index (χ0) is 15.0. The fourth-order valence-corrected chi connectivity index (χ4v) is 2.40. The van der Waals surface area contributed by atoms with E-state index in [1.165, 1.54) is 6.07 Å². The topological polar surface area (TPSA) is 25.8 Å². The summed E-state index contributed by atoms with van der Waals surface area (Å²) in [5, 5.41) is 0.342. The molecule has 1 heterocycles. The summed E-state index contributed by atoms with van der Waals surface area (Å²) < 4.78 is 38.1. The molecule has 0 radical (unpaired) electrons. The van der Waals surface area contributed by atoms with Crippen LogP contribution in [0.4, 0.5) is 13.2 Å². The van der Waals surface area contributed by atoms with Gasteiger partial charge < -0.3 is 0 Å². The fraction of sp³-hybridized carbons (Fsp3) is 0.333. The second kappa shape index (κ2) is 5.30. The SMILES string of the molecule is FC(F)(F)c1cccc(Cc2nc(Cl)cc(C3CC3)n2)c1. The van der Waals surface area contributed by atoms with Crippen LogP contribution >= 0.6 is 11.6 Å². The summed E-state index contributed by atoms with van der Waals surface area (Å²) in [6.45, 7) is 0. The van der Waals surface area contributed by atoms with Gasteiger partial charge in [0.05, 0.1) is 5.56 Å². The highest BCUT2D eigenvalue weighted by Gasteiger charge is 2.30. The number of rotatable bonds is 3. The molecular weight excluding hydrogens is 301 g/mol. The Morgan fingerprint density at radius 2 is 1.90 bits per heavy atom. The highest BCUT2D eigenvalue weighted by molar-refractivity contribution is 6.29. The van der Waals surface area contributed by atoms with Crippen molar-refractivity contribution in [1.29, 1.82) is 0 Å². The van der Waals surface area contributed by atoms with E-state index in [0.717, 1.165) is 30.7 Å². The van der Waals surface area contributed by atoms with Crippen molar-refractivity contribution >= 4 is 11.6 Å². The van der Waals surface area contributed by atoms with Crippen LogP contribution in [0.15, 0.2) is 30.3 Å². The number of hydrogen-bond donors (Lipinski definition) is 0. The molecule has 0 N–H and O–H groups in total. The van der Waals surface area contributed by atoms with E-state index in [2.05, 4.69) is 9.97 Å². The van der Waals surface area contributed by atoms with Gasteiger partial charge in [0.15, 0.2) is 0 Å². The molecule has 3 rings (SSSR count). The van der Waals surface area contributed by atoms with Crippen molar-refractivity contribution in [2.75, 3.05) is 0 Å². The van der Waals surface area contributed by atoms with Crippen molar-refractivity contribution in [3.63, 3.8) is 0 Å². The van der Waals surface area contributed by atoms with Crippen LogP contribution in [0, 0.1) is 0 Å². The lowest BCUT2D eigenvalue weighted by molar-refractivity contribution is -0.137.